The lowest BCUT2D eigenvalue weighted by atomic mass is 10.2. The van der Waals surface area contributed by atoms with Crippen molar-refractivity contribution in [2.24, 2.45) is 0 Å². The molecule has 2 aromatic rings. The van der Waals surface area contributed by atoms with Gasteiger partial charge < -0.3 is 14.4 Å². The Morgan fingerprint density at radius 1 is 1.00 bits per heavy atom. The van der Waals surface area contributed by atoms with E-state index in [2.05, 4.69) is 0 Å². The highest BCUT2D eigenvalue weighted by atomic mass is 32.2. The van der Waals surface area contributed by atoms with Crippen LogP contribution >= 0.6 is 0 Å². The van der Waals surface area contributed by atoms with E-state index in [0.29, 0.717) is 19.8 Å². The van der Waals surface area contributed by atoms with E-state index in [0.717, 1.165) is 17.7 Å². The van der Waals surface area contributed by atoms with Gasteiger partial charge >= 0.3 is 5.97 Å². The maximum Gasteiger partial charge on any atom is 0.338 e. The summed E-state index contributed by atoms with van der Waals surface area (Å²) < 4.78 is 37.2. The fraction of sp³-hybridized carbons (Fsp3) is 0.333. The minimum absolute atomic E-state index is 0.0126. The molecule has 9 heteroatoms. The zero-order chi connectivity index (χ0) is 21.1. The van der Waals surface area contributed by atoms with Crippen molar-refractivity contribution in [1.29, 1.82) is 0 Å². The minimum Gasteiger partial charge on any atom is -0.452 e. The molecule has 2 aliphatic heterocycles. The highest BCUT2D eigenvalue weighted by molar-refractivity contribution is 7.89. The average Bonchev–Trinajstić information content (AvgIpc) is 3.22. The number of benzene rings is 2. The van der Waals surface area contributed by atoms with Gasteiger partial charge in [-0.1, -0.05) is 24.3 Å². The van der Waals surface area contributed by atoms with E-state index in [9.17, 15) is 18.0 Å². The SMILES string of the molecule is O=C(OCC(=O)N1CCc2ccccc21)c1cccc(S(=O)(=O)N2CCOCC2)c1. The summed E-state index contributed by atoms with van der Waals surface area (Å²) in [5.41, 5.74) is 1.99. The van der Waals surface area contributed by atoms with Crippen LogP contribution in [0.15, 0.2) is 53.4 Å². The summed E-state index contributed by atoms with van der Waals surface area (Å²) in [5.74, 6) is -1.06. The number of ether oxygens (including phenoxy) is 2. The standard InChI is InChI=1S/C21H22N2O6S/c24-20(23-9-8-16-4-1-2-7-19(16)23)15-29-21(25)17-5-3-6-18(14-17)30(26,27)22-10-12-28-13-11-22/h1-7,14H,8-13,15H2. The van der Waals surface area contributed by atoms with Crippen LogP contribution in [0.3, 0.4) is 0 Å². The highest BCUT2D eigenvalue weighted by Crippen LogP contribution is 2.27. The number of sulfonamides is 1. The van der Waals surface area contributed by atoms with Crippen molar-refractivity contribution in [2.75, 3.05) is 44.4 Å². The van der Waals surface area contributed by atoms with Gasteiger partial charge in [-0.3, -0.25) is 4.79 Å². The number of rotatable bonds is 5. The highest BCUT2D eigenvalue weighted by Gasteiger charge is 2.28. The summed E-state index contributed by atoms with van der Waals surface area (Å²) in [7, 11) is -3.73. The fourth-order valence-electron chi connectivity index (χ4n) is 3.61. The van der Waals surface area contributed by atoms with Crippen molar-refractivity contribution >= 4 is 27.6 Å². The van der Waals surface area contributed by atoms with Crippen molar-refractivity contribution in [3.63, 3.8) is 0 Å². The zero-order valence-corrected chi connectivity index (χ0v) is 17.1. The molecule has 2 heterocycles. The molecule has 0 N–H and O–H groups in total. The topological polar surface area (TPSA) is 93.2 Å². The lowest BCUT2D eigenvalue weighted by Crippen LogP contribution is -2.40. The largest absolute Gasteiger partial charge is 0.452 e. The molecule has 30 heavy (non-hydrogen) atoms. The van der Waals surface area contributed by atoms with Gasteiger partial charge in [-0.25, -0.2) is 13.2 Å². The van der Waals surface area contributed by atoms with Crippen LogP contribution in [-0.2, 0) is 30.7 Å². The molecule has 0 aliphatic carbocycles. The molecule has 1 saturated heterocycles. The molecular formula is C21H22N2O6S. The molecule has 158 valence electrons. The van der Waals surface area contributed by atoms with Crippen molar-refractivity contribution in [3.8, 4) is 0 Å². The maximum absolute atomic E-state index is 12.8. The number of amides is 1. The Kier molecular flexibility index (Phi) is 5.85. The minimum atomic E-state index is -3.73. The summed E-state index contributed by atoms with van der Waals surface area (Å²) in [6, 6.07) is 13.3. The van der Waals surface area contributed by atoms with Gasteiger partial charge in [0.2, 0.25) is 10.0 Å². The van der Waals surface area contributed by atoms with Gasteiger partial charge in [-0.05, 0) is 36.2 Å². The number of carbonyl (C=O) groups is 2. The number of hydrogen-bond acceptors (Lipinski definition) is 6. The van der Waals surface area contributed by atoms with Gasteiger partial charge in [0.05, 0.1) is 23.7 Å². The van der Waals surface area contributed by atoms with Crippen molar-refractivity contribution in [2.45, 2.75) is 11.3 Å². The van der Waals surface area contributed by atoms with Gasteiger partial charge in [0.1, 0.15) is 0 Å². The normalized spacial score (nSPS) is 16.9. The Balaban J connectivity index is 1.42. The van der Waals surface area contributed by atoms with Crippen LogP contribution in [0, 0.1) is 0 Å². The van der Waals surface area contributed by atoms with Crippen LogP contribution in [0.2, 0.25) is 0 Å². The average molecular weight is 430 g/mol. The first kappa shape index (κ1) is 20.5. The van der Waals surface area contributed by atoms with Crippen LogP contribution in [0.1, 0.15) is 15.9 Å². The zero-order valence-electron chi connectivity index (χ0n) is 16.3. The van der Waals surface area contributed by atoms with Gasteiger partial charge in [-0.15, -0.1) is 0 Å². The first-order valence-corrected chi connectivity index (χ1v) is 11.1. The number of anilines is 1. The maximum atomic E-state index is 12.8. The van der Waals surface area contributed by atoms with Gasteiger partial charge in [0, 0.05) is 25.3 Å². The Bertz CT molecular complexity index is 1060. The molecular weight excluding hydrogens is 408 g/mol. The molecule has 0 bridgehead atoms. The lowest BCUT2D eigenvalue weighted by molar-refractivity contribution is -0.121. The third-order valence-electron chi connectivity index (χ3n) is 5.19. The third kappa shape index (κ3) is 4.09. The van der Waals surface area contributed by atoms with Crippen LogP contribution in [0.5, 0.6) is 0 Å². The van der Waals surface area contributed by atoms with Crippen LogP contribution in [0.4, 0.5) is 5.69 Å². The van der Waals surface area contributed by atoms with Crippen LogP contribution < -0.4 is 4.90 Å². The molecule has 2 aromatic carbocycles. The smallest absolute Gasteiger partial charge is 0.338 e. The fourth-order valence-corrected chi connectivity index (χ4v) is 5.06. The molecule has 1 amide bonds. The van der Waals surface area contributed by atoms with Gasteiger partial charge in [-0.2, -0.15) is 4.31 Å². The summed E-state index contributed by atoms with van der Waals surface area (Å²) >= 11 is 0. The number of esters is 1. The number of nitrogens with zero attached hydrogens (tertiary/aromatic N) is 2. The summed E-state index contributed by atoms with van der Waals surface area (Å²) in [6.45, 7) is 1.34. The first-order chi connectivity index (χ1) is 14.5. The second-order valence-corrected chi connectivity index (χ2v) is 8.98. The van der Waals surface area contributed by atoms with E-state index in [4.69, 9.17) is 9.47 Å². The van der Waals surface area contributed by atoms with Gasteiger partial charge in [0.25, 0.3) is 5.91 Å². The van der Waals surface area contributed by atoms with E-state index in [1.807, 2.05) is 24.3 Å². The second kappa shape index (κ2) is 8.55. The van der Waals surface area contributed by atoms with E-state index in [-0.39, 0.29) is 29.5 Å². The van der Waals surface area contributed by atoms with E-state index in [1.54, 1.807) is 4.90 Å². The van der Waals surface area contributed by atoms with E-state index < -0.39 is 22.6 Å². The monoisotopic (exact) mass is 430 g/mol. The molecule has 0 atom stereocenters. The molecule has 4 rings (SSSR count). The Labute approximate surface area is 175 Å². The second-order valence-electron chi connectivity index (χ2n) is 7.04. The summed E-state index contributed by atoms with van der Waals surface area (Å²) in [5, 5.41) is 0. The number of fused-ring (bicyclic) bond motifs is 1. The quantitative estimate of drug-likeness (QED) is 0.667. The van der Waals surface area contributed by atoms with E-state index >= 15 is 0 Å². The molecule has 0 unspecified atom stereocenters. The molecule has 8 nitrogen and oxygen atoms in total. The molecule has 0 saturated carbocycles. The Hall–Kier alpha value is -2.75. The van der Waals surface area contributed by atoms with Crippen LogP contribution in [-0.4, -0.2) is 64.1 Å². The number of para-hydroxylation sites is 1. The van der Waals surface area contributed by atoms with E-state index in [1.165, 1.54) is 28.6 Å². The summed E-state index contributed by atoms with van der Waals surface area (Å²) in [6.07, 6.45) is 0.761. The number of carbonyl (C=O) groups excluding carboxylic acids is 2. The Morgan fingerprint density at radius 2 is 1.77 bits per heavy atom. The molecule has 1 fully saturated rings. The van der Waals surface area contributed by atoms with Crippen molar-refractivity contribution in [3.05, 3.63) is 59.7 Å². The third-order valence-corrected chi connectivity index (χ3v) is 7.09. The van der Waals surface area contributed by atoms with Crippen LogP contribution in [0.25, 0.3) is 0 Å². The first-order valence-electron chi connectivity index (χ1n) is 9.70. The predicted octanol–water partition coefficient (Wildman–Crippen LogP) is 1.45. The molecule has 0 radical (unpaired) electrons. The van der Waals surface area contributed by atoms with Crippen molar-refractivity contribution in [1.82, 2.24) is 4.31 Å². The Morgan fingerprint density at radius 3 is 2.57 bits per heavy atom. The predicted molar refractivity (Wildman–Crippen MR) is 109 cm³/mol. The van der Waals surface area contributed by atoms with Gasteiger partial charge in [0.15, 0.2) is 6.61 Å². The lowest BCUT2D eigenvalue weighted by Gasteiger charge is -2.26. The number of hydrogen-bond donors (Lipinski definition) is 0. The van der Waals surface area contributed by atoms with Crippen molar-refractivity contribution < 1.29 is 27.5 Å². The molecule has 2 aliphatic rings. The summed E-state index contributed by atoms with van der Waals surface area (Å²) in [4.78, 5) is 26.6. The molecule has 0 aromatic heterocycles. The number of morpholine rings is 1. The molecule has 0 spiro atoms.